The van der Waals surface area contributed by atoms with E-state index in [1.165, 1.54) is 7.05 Å². The first-order valence-electron chi connectivity index (χ1n) is 5.12. The highest BCUT2D eigenvalue weighted by Crippen LogP contribution is 2.22. The van der Waals surface area contributed by atoms with Gasteiger partial charge in [-0.3, -0.25) is 0 Å². The molecule has 0 spiro atoms. The van der Waals surface area contributed by atoms with Crippen LogP contribution in [-0.4, -0.2) is 47.6 Å². The highest BCUT2D eigenvalue weighted by Gasteiger charge is 2.38. The topological polar surface area (TPSA) is 49.8 Å². The molecule has 0 rings (SSSR count). The Balaban J connectivity index is 4.11. The zero-order valence-electron chi connectivity index (χ0n) is 10.3. The molecule has 1 atom stereocenters. The molecule has 0 heterocycles. The number of alkyl halides is 3. The summed E-state index contributed by atoms with van der Waals surface area (Å²) in [4.78, 5) is 12.4. The van der Waals surface area contributed by atoms with Gasteiger partial charge in [-0.1, -0.05) is 0 Å². The summed E-state index contributed by atoms with van der Waals surface area (Å²) in [6.45, 7) is 4.74. The quantitative estimate of drug-likeness (QED) is 0.843. The normalized spacial score (nSPS) is 14.4. The highest BCUT2D eigenvalue weighted by molar-refractivity contribution is 5.67. The summed E-state index contributed by atoms with van der Waals surface area (Å²) >= 11 is 0. The zero-order chi connectivity index (χ0) is 13.9. The predicted molar refractivity (Wildman–Crippen MR) is 55.5 cm³/mol. The lowest BCUT2D eigenvalue weighted by Crippen LogP contribution is -2.38. The monoisotopic (exact) mass is 257 g/mol. The van der Waals surface area contributed by atoms with Crippen molar-refractivity contribution in [2.75, 3.05) is 13.6 Å². The lowest BCUT2D eigenvalue weighted by molar-refractivity contribution is -0.205. The van der Waals surface area contributed by atoms with Crippen LogP contribution in [0.5, 0.6) is 0 Å². The molecule has 1 amide bonds. The minimum absolute atomic E-state index is 0.227. The summed E-state index contributed by atoms with van der Waals surface area (Å²) in [6.07, 6.45) is -8.37. The maximum Gasteiger partial charge on any atom is 0.414 e. The van der Waals surface area contributed by atoms with E-state index in [0.717, 1.165) is 4.90 Å². The number of hydrogen-bond donors (Lipinski definition) is 1. The number of carbonyl (C=O) groups excluding carboxylic acids is 1. The van der Waals surface area contributed by atoms with Gasteiger partial charge in [0.1, 0.15) is 5.60 Å². The maximum atomic E-state index is 12.0. The van der Waals surface area contributed by atoms with E-state index in [9.17, 15) is 18.0 Å². The van der Waals surface area contributed by atoms with Gasteiger partial charge in [0.05, 0.1) is 0 Å². The van der Waals surface area contributed by atoms with Crippen molar-refractivity contribution in [3.8, 4) is 0 Å². The number of rotatable bonds is 3. The molecule has 0 aliphatic carbocycles. The average Bonchev–Trinajstić information content (AvgIpc) is 2.08. The fourth-order valence-corrected chi connectivity index (χ4v) is 0.911. The number of aliphatic hydroxyl groups excluding tert-OH is 1. The van der Waals surface area contributed by atoms with Gasteiger partial charge in [-0.25, -0.2) is 4.79 Å². The van der Waals surface area contributed by atoms with Gasteiger partial charge < -0.3 is 14.7 Å². The molecule has 4 nitrogen and oxygen atoms in total. The molecule has 0 saturated heterocycles. The Morgan fingerprint density at radius 1 is 1.35 bits per heavy atom. The number of ether oxygens (including phenoxy) is 1. The van der Waals surface area contributed by atoms with Crippen molar-refractivity contribution in [2.45, 2.75) is 45.1 Å². The summed E-state index contributed by atoms with van der Waals surface area (Å²) in [5.41, 5.74) is -0.700. The van der Waals surface area contributed by atoms with Gasteiger partial charge in [0.2, 0.25) is 0 Å². The Hall–Kier alpha value is -0.980. The number of amides is 1. The lowest BCUT2D eigenvalue weighted by atomic mass is 10.2. The van der Waals surface area contributed by atoms with Crippen LogP contribution >= 0.6 is 0 Å². The molecule has 0 aromatic heterocycles. The van der Waals surface area contributed by atoms with E-state index in [1.807, 2.05) is 0 Å². The summed E-state index contributed by atoms with van der Waals surface area (Å²) in [5.74, 6) is 0. The number of nitrogens with zero attached hydrogens (tertiary/aromatic N) is 1. The second-order valence-electron chi connectivity index (χ2n) is 4.75. The molecule has 0 fully saturated rings. The first-order valence-corrected chi connectivity index (χ1v) is 5.12. The van der Waals surface area contributed by atoms with Crippen LogP contribution in [0.4, 0.5) is 18.0 Å². The minimum Gasteiger partial charge on any atom is -0.444 e. The van der Waals surface area contributed by atoms with Gasteiger partial charge in [-0.15, -0.1) is 0 Å². The van der Waals surface area contributed by atoms with Gasteiger partial charge in [0, 0.05) is 13.6 Å². The molecular weight excluding hydrogens is 239 g/mol. The van der Waals surface area contributed by atoms with Gasteiger partial charge in [0.25, 0.3) is 0 Å². The zero-order valence-corrected chi connectivity index (χ0v) is 10.3. The Kier molecular flexibility index (Phi) is 5.25. The molecular formula is C10H18F3NO3. The van der Waals surface area contributed by atoms with Crippen LogP contribution < -0.4 is 0 Å². The Morgan fingerprint density at radius 3 is 2.18 bits per heavy atom. The highest BCUT2D eigenvalue weighted by atomic mass is 19.4. The molecule has 0 aromatic carbocycles. The van der Waals surface area contributed by atoms with Crippen LogP contribution in [0.15, 0.2) is 0 Å². The summed E-state index contributed by atoms with van der Waals surface area (Å²) in [7, 11) is 1.32. The van der Waals surface area contributed by atoms with E-state index < -0.39 is 30.4 Å². The maximum absolute atomic E-state index is 12.0. The van der Waals surface area contributed by atoms with Crippen molar-refractivity contribution in [3.05, 3.63) is 0 Å². The number of carbonyl (C=O) groups is 1. The average molecular weight is 257 g/mol. The molecule has 0 aliphatic heterocycles. The van der Waals surface area contributed by atoms with E-state index in [0.29, 0.717) is 0 Å². The Bertz CT molecular complexity index is 261. The van der Waals surface area contributed by atoms with Gasteiger partial charge in [-0.2, -0.15) is 13.2 Å². The second kappa shape index (κ2) is 5.57. The molecule has 0 aromatic rings. The minimum atomic E-state index is -4.66. The van der Waals surface area contributed by atoms with E-state index >= 15 is 0 Å². The number of hydrogen-bond acceptors (Lipinski definition) is 3. The van der Waals surface area contributed by atoms with Crippen molar-refractivity contribution < 1.29 is 27.8 Å². The Labute approximate surface area is 98.3 Å². The van der Waals surface area contributed by atoms with Crippen molar-refractivity contribution >= 4 is 6.09 Å². The summed E-state index contributed by atoms with van der Waals surface area (Å²) in [6, 6.07) is 0. The van der Waals surface area contributed by atoms with Crippen LogP contribution in [0, 0.1) is 0 Å². The number of aliphatic hydroxyl groups is 1. The van der Waals surface area contributed by atoms with E-state index in [2.05, 4.69) is 0 Å². The smallest absolute Gasteiger partial charge is 0.414 e. The number of halogens is 3. The van der Waals surface area contributed by atoms with Gasteiger partial charge in [-0.05, 0) is 27.2 Å². The fraction of sp³-hybridized carbons (Fsp3) is 0.900. The summed E-state index contributed by atoms with van der Waals surface area (Å²) in [5, 5.41) is 8.75. The molecule has 0 saturated carbocycles. The molecule has 102 valence electrons. The van der Waals surface area contributed by atoms with E-state index in [4.69, 9.17) is 9.84 Å². The summed E-state index contributed by atoms with van der Waals surface area (Å²) < 4.78 is 40.9. The third-order valence-corrected chi connectivity index (χ3v) is 1.82. The third kappa shape index (κ3) is 7.04. The molecule has 7 heteroatoms. The van der Waals surface area contributed by atoms with Crippen molar-refractivity contribution in [3.63, 3.8) is 0 Å². The lowest BCUT2D eigenvalue weighted by Gasteiger charge is -2.25. The molecule has 0 aliphatic rings. The van der Waals surface area contributed by atoms with E-state index in [-0.39, 0.29) is 6.54 Å². The SMILES string of the molecule is CN(CCC(O)C(F)(F)F)C(=O)OC(C)(C)C. The molecule has 0 bridgehead atoms. The largest absolute Gasteiger partial charge is 0.444 e. The first-order chi connectivity index (χ1) is 7.43. The van der Waals surface area contributed by atoms with Gasteiger partial charge >= 0.3 is 12.3 Å². The van der Waals surface area contributed by atoms with Gasteiger partial charge in [0.15, 0.2) is 6.10 Å². The van der Waals surface area contributed by atoms with Crippen molar-refractivity contribution in [1.82, 2.24) is 4.90 Å². The van der Waals surface area contributed by atoms with Crippen molar-refractivity contribution in [1.29, 1.82) is 0 Å². The van der Waals surface area contributed by atoms with Crippen LogP contribution in [0.25, 0.3) is 0 Å². The Morgan fingerprint density at radius 2 is 1.82 bits per heavy atom. The molecule has 1 unspecified atom stereocenters. The fourth-order valence-electron chi connectivity index (χ4n) is 0.911. The predicted octanol–water partition coefficient (Wildman–Crippen LogP) is 2.17. The second-order valence-corrected chi connectivity index (χ2v) is 4.75. The van der Waals surface area contributed by atoms with Crippen LogP contribution in [0.3, 0.4) is 0 Å². The third-order valence-electron chi connectivity index (χ3n) is 1.82. The molecule has 17 heavy (non-hydrogen) atoms. The van der Waals surface area contributed by atoms with Crippen LogP contribution in [-0.2, 0) is 4.74 Å². The van der Waals surface area contributed by atoms with Crippen LogP contribution in [0.2, 0.25) is 0 Å². The van der Waals surface area contributed by atoms with Crippen molar-refractivity contribution in [2.24, 2.45) is 0 Å². The standard InChI is InChI=1S/C10H18F3NO3/c1-9(2,3)17-8(16)14(4)6-5-7(15)10(11,12)13/h7,15H,5-6H2,1-4H3. The molecule has 1 N–H and O–H groups in total. The van der Waals surface area contributed by atoms with Crippen LogP contribution in [0.1, 0.15) is 27.2 Å². The molecule has 0 radical (unpaired) electrons. The van der Waals surface area contributed by atoms with E-state index in [1.54, 1.807) is 20.8 Å². The first kappa shape index (κ1) is 16.0.